The number of rotatable bonds is 6. The number of benzene rings is 1. The Bertz CT molecular complexity index is 830. The van der Waals surface area contributed by atoms with E-state index in [0.29, 0.717) is 28.9 Å². The molecule has 6 heteroatoms. The van der Waals surface area contributed by atoms with Gasteiger partial charge in [-0.3, -0.25) is 9.59 Å². The summed E-state index contributed by atoms with van der Waals surface area (Å²) in [4.78, 5) is 25.7. The second kappa shape index (κ2) is 8.45. The lowest BCUT2D eigenvalue weighted by atomic mass is 9.95. The molecule has 1 aromatic carbocycles. The topological polar surface area (TPSA) is 76.0 Å². The smallest absolute Gasteiger partial charge is 0.274 e. The van der Waals surface area contributed by atoms with Crippen LogP contribution in [0.5, 0.6) is 0 Å². The molecule has 1 aliphatic heterocycles. The third-order valence-corrected chi connectivity index (χ3v) is 5.16. The molecule has 0 aliphatic carbocycles. The average Bonchev–Trinajstić information content (AvgIpc) is 2.65. The van der Waals surface area contributed by atoms with E-state index >= 15 is 0 Å². The van der Waals surface area contributed by atoms with Crippen molar-refractivity contribution in [3.63, 3.8) is 0 Å². The molecule has 1 aromatic heterocycles. The molecule has 140 valence electrons. The molecule has 0 radical (unpaired) electrons. The van der Waals surface area contributed by atoms with Gasteiger partial charge in [-0.15, -0.1) is 0 Å². The van der Waals surface area contributed by atoms with Gasteiger partial charge in [0.25, 0.3) is 11.5 Å². The third-order valence-electron chi connectivity index (χ3n) is 5.16. The predicted molar refractivity (Wildman–Crippen MR) is 103 cm³/mol. The molecule has 2 heterocycles. The van der Waals surface area contributed by atoms with Gasteiger partial charge >= 0.3 is 0 Å². The molecule has 2 N–H and O–H groups in total. The van der Waals surface area contributed by atoms with Gasteiger partial charge in [-0.2, -0.15) is 5.10 Å². The van der Waals surface area contributed by atoms with Crippen LogP contribution in [0.25, 0.3) is 10.8 Å². The number of nitrogens with one attached hydrogen (secondary N) is 2. The Kier molecular flexibility index (Phi) is 6.04. The molecule has 1 aliphatic rings. The number of hydrogen-bond donors (Lipinski definition) is 2. The number of piperidine rings is 1. The van der Waals surface area contributed by atoms with Crippen LogP contribution >= 0.6 is 0 Å². The third kappa shape index (κ3) is 3.96. The fourth-order valence-electron chi connectivity index (χ4n) is 3.53. The van der Waals surface area contributed by atoms with Crippen molar-refractivity contribution >= 4 is 16.7 Å². The standard InChI is InChI=1S/C20H28N4O2/c1-3-4-7-12-24-20(26)16-9-6-5-8-15(16)18(23-24)19(25)22-17-10-11-21-13-14(17)2/h5-6,8-9,14,17,21H,3-4,7,10-13H2,1-2H3,(H,22,25). The lowest BCUT2D eigenvalue weighted by Crippen LogP contribution is -2.48. The van der Waals surface area contributed by atoms with Crippen molar-refractivity contribution in [1.29, 1.82) is 0 Å². The van der Waals surface area contributed by atoms with Crippen LogP contribution in [0, 0.1) is 5.92 Å². The Labute approximate surface area is 154 Å². The molecule has 2 unspecified atom stereocenters. The number of aromatic nitrogens is 2. The Morgan fingerprint density at radius 1 is 1.31 bits per heavy atom. The first-order valence-corrected chi connectivity index (χ1v) is 9.63. The minimum absolute atomic E-state index is 0.122. The maximum Gasteiger partial charge on any atom is 0.274 e. The van der Waals surface area contributed by atoms with Crippen LogP contribution in [-0.4, -0.2) is 34.8 Å². The van der Waals surface area contributed by atoms with Gasteiger partial charge in [-0.05, 0) is 37.9 Å². The first-order valence-electron chi connectivity index (χ1n) is 9.63. The summed E-state index contributed by atoms with van der Waals surface area (Å²) < 4.78 is 1.46. The van der Waals surface area contributed by atoms with E-state index in [2.05, 4.69) is 29.6 Å². The van der Waals surface area contributed by atoms with E-state index in [4.69, 9.17) is 0 Å². The summed E-state index contributed by atoms with van der Waals surface area (Å²) in [6.07, 6.45) is 3.90. The summed E-state index contributed by atoms with van der Waals surface area (Å²) in [5.74, 6) is 0.179. The summed E-state index contributed by atoms with van der Waals surface area (Å²) in [6, 6.07) is 7.39. The number of amides is 1. The van der Waals surface area contributed by atoms with Gasteiger partial charge in [0.05, 0.1) is 5.39 Å². The fourth-order valence-corrected chi connectivity index (χ4v) is 3.53. The molecule has 26 heavy (non-hydrogen) atoms. The van der Waals surface area contributed by atoms with E-state index in [1.807, 2.05) is 12.1 Å². The predicted octanol–water partition coefficient (Wildman–Crippen LogP) is 2.31. The minimum Gasteiger partial charge on any atom is -0.348 e. The number of hydrogen-bond acceptors (Lipinski definition) is 4. The monoisotopic (exact) mass is 356 g/mol. The average molecular weight is 356 g/mol. The summed E-state index contributed by atoms with van der Waals surface area (Å²) in [7, 11) is 0. The van der Waals surface area contributed by atoms with Crippen LogP contribution < -0.4 is 16.2 Å². The van der Waals surface area contributed by atoms with Crippen molar-refractivity contribution in [2.75, 3.05) is 13.1 Å². The fraction of sp³-hybridized carbons (Fsp3) is 0.550. The molecular weight excluding hydrogens is 328 g/mol. The molecule has 0 bridgehead atoms. The molecule has 6 nitrogen and oxygen atoms in total. The van der Waals surface area contributed by atoms with Crippen molar-refractivity contribution in [3.05, 3.63) is 40.3 Å². The largest absolute Gasteiger partial charge is 0.348 e. The van der Waals surface area contributed by atoms with Crippen LogP contribution in [0.1, 0.15) is 50.0 Å². The van der Waals surface area contributed by atoms with Crippen molar-refractivity contribution in [3.8, 4) is 0 Å². The van der Waals surface area contributed by atoms with E-state index in [0.717, 1.165) is 38.8 Å². The lowest BCUT2D eigenvalue weighted by Gasteiger charge is -2.30. The van der Waals surface area contributed by atoms with Gasteiger partial charge < -0.3 is 10.6 Å². The molecule has 1 saturated heterocycles. The van der Waals surface area contributed by atoms with Crippen LogP contribution in [-0.2, 0) is 6.54 Å². The zero-order valence-electron chi connectivity index (χ0n) is 15.6. The first-order chi connectivity index (χ1) is 12.6. The maximum atomic E-state index is 13.0. The number of fused-ring (bicyclic) bond motifs is 1. The molecule has 0 spiro atoms. The van der Waals surface area contributed by atoms with E-state index in [1.54, 1.807) is 12.1 Å². The van der Waals surface area contributed by atoms with Gasteiger partial charge in [0.15, 0.2) is 5.69 Å². The highest BCUT2D eigenvalue weighted by Gasteiger charge is 2.25. The SMILES string of the molecule is CCCCCn1nc(C(=O)NC2CCNCC2C)c2ccccc2c1=O. The second-order valence-corrected chi connectivity index (χ2v) is 7.18. The molecular formula is C20H28N4O2. The van der Waals surface area contributed by atoms with Crippen LogP contribution in [0.2, 0.25) is 0 Å². The van der Waals surface area contributed by atoms with E-state index in [1.165, 1.54) is 4.68 Å². The van der Waals surface area contributed by atoms with Crippen molar-refractivity contribution < 1.29 is 4.79 Å². The molecule has 3 rings (SSSR count). The van der Waals surface area contributed by atoms with E-state index in [9.17, 15) is 9.59 Å². The van der Waals surface area contributed by atoms with Crippen molar-refractivity contribution in [2.45, 2.75) is 52.1 Å². The molecule has 0 saturated carbocycles. The van der Waals surface area contributed by atoms with Crippen LogP contribution in [0.3, 0.4) is 0 Å². The Balaban J connectivity index is 1.93. The number of unbranched alkanes of at least 4 members (excludes halogenated alkanes) is 2. The highest BCUT2D eigenvalue weighted by atomic mass is 16.2. The first kappa shape index (κ1) is 18.6. The van der Waals surface area contributed by atoms with Gasteiger partial charge in [0.1, 0.15) is 0 Å². The molecule has 1 fully saturated rings. The van der Waals surface area contributed by atoms with Crippen LogP contribution in [0.4, 0.5) is 0 Å². The summed E-state index contributed by atoms with van der Waals surface area (Å²) >= 11 is 0. The normalized spacial score (nSPS) is 20.2. The highest BCUT2D eigenvalue weighted by Crippen LogP contribution is 2.16. The zero-order chi connectivity index (χ0) is 18.5. The van der Waals surface area contributed by atoms with Gasteiger partial charge in [0, 0.05) is 18.0 Å². The number of aryl methyl sites for hydroxylation is 1. The van der Waals surface area contributed by atoms with Crippen molar-refractivity contribution in [1.82, 2.24) is 20.4 Å². The summed E-state index contributed by atoms with van der Waals surface area (Å²) in [5.41, 5.74) is 0.228. The zero-order valence-corrected chi connectivity index (χ0v) is 15.6. The summed E-state index contributed by atoms with van der Waals surface area (Å²) in [6.45, 7) is 6.60. The maximum absolute atomic E-state index is 13.0. The number of carbonyl (C=O) groups is 1. The Morgan fingerprint density at radius 3 is 2.81 bits per heavy atom. The van der Waals surface area contributed by atoms with E-state index in [-0.39, 0.29) is 17.5 Å². The number of nitrogens with zero attached hydrogens (tertiary/aromatic N) is 2. The minimum atomic E-state index is -0.191. The molecule has 2 aromatic rings. The quantitative estimate of drug-likeness (QED) is 0.779. The van der Waals surface area contributed by atoms with Gasteiger partial charge in [0.2, 0.25) is 0 Å². The Morgan fingerprint density at radius 2 is 2.08 bits per heavy atom. The van der Waals surface area contributed by atoms with Gasteiger partial charge in [-0.25, -0.2) is 4.68 Å². The summed E-state index contributed by atoms with van der Waals surface area (Å²) in [5, 5.41) is 12.1. The Hall–Kier alpha value is -2.21. The highest BCUT2D eigenvalue weighted by molar-refractivity contribution is 6.04. The molecule has 1 amide bonds. The number of carbonyl (C=O) groups excluding carboxylic acids is 1. The lowest BCUT2D eigenvalue weighted by molar-refractivity contribution is 0.0908. The molecule has 2 atom stereocenters. The van der Waals surface area contributed by atoms with Crippen molar-refractivity contribution in [2.24, 2.45) is 5.92 Å². The van der Waals surface area contributed by atoms with E-state index < -0.39 is 0 Å². The van der Waals surface area contributed by atoms with Gasteiger partial charge in [-0.1, -0.05) is 44.9 Å². The van der Waals surface area contributed by atoms with Crippen LogP contribution in [0.15, 0.2) is 29.1 Å². The second-order valence-electron chi connectivity index (χ2n) is 7.18.